The average Bonchev–Trinajstić information content (AvgIpc) is 2.47. The monoisotopic (exact) mass is 194 g/mol. The molecule has 0 aliphatic carbocycles. The van der Waals surface area contributed by atoms with E-state index in [9.17, 15) is 4.79 Å². The molecule has 1 aromatic rings. The zero-order valence-electron chi connectivity index (χ0n) is 8.63. The molecule has 0 bridgehead atoms. The van der Waals surface area contributed by atoms with Crippen LogP contribution in [0.15, 0.2) is 16.7 Å². The van der Waals surface area contributed by atoms with Gasteiger partial charge >= 0.3 is 0 Å². The van der Waals surface area contributed by atoms with Gasteiger partial charge in [0.2, 0.25) is 11.8 Å². The van der Waals surface area contributed by atoms with Gasteiger partial charge in [-0.3, -0.25) is 9.69 Å². The highest BCUT2D eigenvalue weighted by atomic mass is 16.3. The molecule has 1 aliphatic heterocycles. The van der Waals surface area contributed by atoms with E-state index in [4.69, 9.17) is 4.42 Å². The number of amides is 1. The Morgan fingerprint density at radius 1 is 1.64 bits per heavy atom. The maximum Gasteiger partial charge on any atom is 0.226 e. The Balaban J connectivity index is 2.42. The third-order valence-corrected chi connectivity index (χ3v) is 2.30. The average molecular weight is 194 g/mol. The molecule has 1 N–H and O–H groups in total. The van der Waals surface area contributed by atoms with E-state index in [1.807, 2.05) is 6.07 Å². The smallest absolute Gasteiger partial charge is 0.226 e. The topological polar surface area (TPSA) is 45.5 Å². The zero-order chi connectivity index (χ0) is 10.3. The van der Waals surface area contributed by atoms with E-state index in [2.05, 4.69) is 19.2 Å². The van der Waals surface area contributed by atoms with Gasteiger partial charge in [-0.2, -0.15) is 0 Å². The third-order valence-electron chi connectivity index (χ3n) is 2.30. The predicted octanol–water partition coefficient (Wildman–Crippen LogP) is 1.84. The first-order chi connectivity index (χ1) is 6.49. The molecule has 0 atom stereocenters. The predicted molar refractivity (Wildman–Crippen MR) is 54.4 cm³/mol. The Labute approximate surface area is 82.9 Å². The van der Waals surface area contributed by atoms with Crippen LogP contribution in [0.4, 0.5) is 11.6 Å². The van der Waals surface area contributed by atoms with Gasteiger partial charge in [0, 0.05) is 18.5 Å². The van der Waals surface area contributed by atoms with Crippen molar-refractivity contribution in [2.24, 2.45) is 0 Å². The van der Waals surface area contributed by atoms with Crippen molar-refractivity contribution in [3.8, 4) is 0 Å². The quantitative estimate of drug-likeness (QED) is 0.685. The lowest BCUT2D eigenvalue weighted by Crippen LogP contribution is -2.49. The molecule has 1 aromatic heterocycles. The number of furan rings is 1. The lowest BCUT2D eigenvalue weighted by molar-refractivity contribution is -0.116. The van der Waals surface area contributed by atoms with Gasteiger partial charge in [-0.05, 0) is 13.8 Å². The summed E-state index contributed by atoms with van der Waals surface area (Å²) in [4.78, 5) is 13.0. The second-order valence-electron chi connectivity index (χ2n) is 4.25. The molecular weight excluding hydrogens is 180 g/mol. The minimum absolute atomic E-state index is 0.00998. The second-order valence-corrected chi connectivity index (χ2v) is 4.25. The number of carbonyl (C=O) groups excluding carboxylic acids is 1. The zero-order valence-corrected chi connectivity index (χ0v) is 8.63. The van der Waals surface area contributed by atoms with Crippen LogP contribution in [0.25, 0.3) is 0 Å². The van der Waals surface area contributed by atoms with Gasteiger partial charge in [0.15, 0.2) is 0 Å². The first kappa shape index (κ1) is 9.12. The van der Waals surface area contributed by atoms with Crippen molar-refractivity contribution in [1.82, 2.24) is 0 Å². The largest absolute Gasteiger partial charge is 0.446 e. The summed E-state index contributed by atoms with van der Waals surface area (Å²) in [6, 6.07) is 1.84. The fourth-order valence-corrected chi connectivity index (χ4v) is 1.73. The van der Waals surface area contributed by atoms with E-state index in [1.165, 1.54) is 0 Å². The number of anilines is 2. The highest BCUT2D eigenvalue weighted by Crippen LogP contribution is 2.35. The van der Waals surface area contributed by atoms with Crippen LogP contribution >= 0.6 is 0 Å². The molecule has 0 saturated heterocycles. The standard InChI is InChI=1S/C10H14N2O2/c1-7(13)12-6-10(2,3)11-8-4-5-14-9(8)12/h4-5,11H,6H2,1-3H3. The molecular formula is C10H14N2O2. The van der Waals surface area contributed by atoms with Gasteiger partial charge in [-0.1, -0.05) is 0 Å². The minimum Gasteiger partial charge on any atom is -0.446 e. The van der Waals surface area contributed by atoms with Crippen molar-refractivity contribution >= 4 is 17.5 Å². The summed E-state index contributed by atoms with van der Waals surface area (Å²) >= 11 is 0. The van der Waals surface area contributed by atoms with E-state index in [0.29, 0.717) is 12.4 Å². The highest BCUT2D eigenvalue weighted by Gasteiger charge is 2.33. The third kappa shape index (κ3) is 1.36. The molecule has 0 unspecified atom stereocenters. The molecule has 0 radical (unpaired) electrons. The minimum atomic E-state index is -0.109. The van der Waals surface area contributed by atoms with Gasteiger partial charge in [0.05, 0.1) is 18.5 Å². The van der Waals surface area contributed by atoms with Crippen LogP contribution in [0.5, 0.6) is 0 Å². The summed E-state index contributed by atoms with van der Waals surface area (Å²) in [5, 5.41) is 3.31. The molecule has 0 fully saturated rings. The summed E-state index contributed by atoms with van der Waals surface area (Å²) in [6.45, 7) is 6.29. The Morgan fingerprint density at radius 3 is 3.00 bits per heavy atom. The van der Waals surface area contributed by atoms with E-state index in [0.717, 1.165) is 5.69 Å². The highest BCUT2D eigenvalue weighted by molar-refractivity contribution is 5.94. The number of hydrogen-bond donors (Lipinski definition) is 1. The second kappa shape index (κ2) is 2.77. The van der Waals surface area contributed by atoms with Crippen LogP contribution < -0.4 is 10.2 Å². The van der Waals surface area contributed by atoms with Crippen molar-refractivity contribution in [2.75, 3.05) is 16.8 Å². The number of rotatable bonds is 0. The van der Waals surface area contributed by atoms with Crippen LogP contribution in [0, 0.1) is 0 Å². The number of hydrogen-bond acceptors (Lipinski definition) is 3. The molecule has 0 spiro atoms. The van der Waals surface area contributed by atoms with Crippen LogP contribution in [-0.2, 0) is 4.79 Å². The van der Waals surface area contributed by atoms with Gasteiger partial charge in [-0.25, -0.2) is 0 Å². The molecule has 0 aromatic carbocycles. The van der Waals surface area contributed by atoms with E-state index < -0.39 is 0 Å². The Hall–Kier alpha value is -1.45. The SMILES string of the molecule is CC(=O)N1CC(C)(C)Nc2ccoc21. The maximum absolute atomic E-state index is 11.4. The Kier molecular flexibility index (Phi) is 1.80. The van der Waals surface area contributed by atoms with Gasteiger partial charge in [0.25, 0.3) is 0 Å². The van der Waals surface area contributed by atoms with Crippen LogP contribution in [0.3, 0.4) is 0 Å². The summed E-state index contributed by atoms with van der Waals surface area (Å²) in [7, 11) is 0. The van der Waals surface area contributed by atoms with Crippen molar-refractivity contribution in [2.45, 2.75) is 26.3 Å². The summed E-state index contributed by atoms with van der Waals surface area (Å²) in [5.74, 6) is 0.632. The van der Waals surface area contributed by atoms with E-state index in [1.54, 1.807) is 18.1 Å². The van der Waals surface area contributed by atoms with Crippen molar-refractivity contribution < 1.29 is 9.21 Å². The Bertz CT molecular complexity index is 368. The van der Waals surface area contributed by atoms with Crippen LogP contribution in [-0.4, -0.2) is 18.0 Å². The molecule has 1 amide bonds. The van der Waals surface area contributed by atoms with Crippen molar-refractivity contribution in [3.63, 3.8) is 0 Å². The van der Waals surface area contributed by atoms with Gasteiger partial charge in [-0.15, -0.1) is 0 Å². The molecule has 4 heteroatoms. The number of carbonyl (C=O) groups is 1. The molecule has 1 aliphatic rings. The lowest BCUT2D eigenvalue weighted by atomic mass is 10.0. The fraction of sp³-hybridized carbons (Fsp3) is 0.500. The summed E-state index contributed by atoms with van der Waals surface area (Å²) in [6.07, 6.45) is 1.59. The van der Waals surface area contributed by atoms with Gasteiger partial charge in [0.1, 0.15) is 0 Å². The number of nitrogens with one attached hydrogen (secondary N) is 1. The van der Waals surface area contributed by atoms with Crippen molar-refractivity contribution in [3.05, 3.63) is 12.3 Å². The van der Waals surface area contributed by atoms with E-state index >= 15 is 0 Å². The molecule has 14 heavy (non-hydrogen) atoms. The number of nitrogens with zero attached hydrogens (tertiary/aromatic N) is 1. The molecule has 4 nitrogen and oxygen atoms in total. The summed E-state index contributed by atoms with van der Waals surface area (Å²) in [5.41, 5.74) is 0.777. The molecule has 2 rings (SSSR count). The Morgan fingerprint density at radius 2 is 2.36 bits per heavy atom. The normalized spacial score (nSPS) is 18.6. The van der Waals surface area contributed by atoms with Crippen LogP contribution in [0.1, 0.15) is 20.8 Å². The first-order valence-corrected chi connectivity index (χ1v) is 4.63. The van der Waals surface area contributed by atoms with E-state index in [-0.39, 0.29) is 11.4 Å². The fourth-order valence-electron chi connectivity index (χ4n) is 1.73. The molecule has 2 heterocycles. The summed E-state index contributed by atoms with van der Waals surface area (Å²) < 4.78 is 5.27. The van der Waals surface area contributed by atoms with Gasteiger partial charge < -0.3 is 9.73 Å². The first-order valence-electron chi connectivity index (χ1n) is 4.63. The molecule has 0 saturated carbocycles. The number of fused-ring (bicyclic) bond motifs is 1. The maximum atomic E-state index is 11.4. The van der Waals surface area contributed by atoms with Crippen LogP contribution in [0.2, 0.25) is 0 Å². The molecule has 76 valence electrons. The van der Waals surface area contributed by atoms with Crippen molar-refractivity contribution in [1.29, 1.82) is 0 Å². The lowest BCUT2D eigenvalue weighted by Gasteiger charge is -2.37.